The summed E-state index contributed by atoms with van der Waals surface area (Å²) in [5.41, 5.74) is 2.16. The number of amides is 1. The van der Waals surface area contributed by atoms with Gasteiger partial charge >= 0.3 is 5.97 Å². The highest BCUT2D eigenvalue weighted by molar-refractivity contribution is 6.14. The number of benzene rings is 1. The van der Waals surface area contributed by atoms with Gasteiger partial charge < -0.3 is 10.0 Å². The molecule has 0 aliphatic carbocycles. The Bertz CT molecular complexity index is 630. The fourth-order valence-electron chi connectivity index (χ4n) is 2.01. The number of anilines is 1. The fourth-order valence-corrected chi connectivity index (χ4v) is 2.01. The van der Waals surface area contributed by atoms with E-state index in [9.17, 15) is 9.59 Å². The summed E-state index contributed by atoms with van der Waals surface area (Å²) < 4.78 is 0. The molecule has 0 spiro atoms. The standard InChI is InChI=1S/C15H17N3O3/c1-10-16-13(15(21)18(10)9-14(19)20)8-11-4-6-12(7-5-11)17(2)3/h4-8H,9H2,1-3H3,(H,19,20). The molecule has 0 bridgehead atoms. The molecule has 0 radical (unpaired) electrons. The van der Waals surface area contributed by atoms with Gasteiger partial charge in [-0.2, -0.15) is 0 Å². The van der Waals surface area contributed by atoms with Crippen LogP contribution in [0.4, 0.5) is 5.69 Å². The van der Waals surface area contributed by atoms with Crippen LogP contribution in [0.25, 0.3) is 6.08 Å². The predicted octanol–water partition coefficient (Wildman–Crippen LogP) is 1.44. The Balaban J connectivity index is 2.22. The van der Waals surface area contributed by atoms with Crippen molar-refractivity contribution in [3.63, 3.8) is 0 Å². The third-order valence-electron chi connectivity index (χ3n) is 3.14. The molecule has 1 aromatic carbocycles. The average molecular weight is 287 g/mol. The highest BCUT2D eigenvalue weighted by Gasteiger charge is 2.28. The molecule has 6 heteroatoms. The van der Waals surface area contributed by atoms with E-state index in [1.165, 1.54) is 0 Å². The van der Waals surface area contributed by atoms with Gasteiger partial charge in [-0.05, 0) is 30.7 Å². The van der Waals surface area contributed by atoms with Crippen LogP contribution in [0.3, 0.4) is 0 Å². The van der Waals surface area contributed by atoms with Gasteiger partial charge in [0.25, 0.3) is 5.91 Å². The van der Waals surface area contributed by atoms with E-state index in [2.05, 4.69) is 4.99 Å². The molecule has 110 valence electrons. The third kappa shape index (κ3) is 3.28. The maximum Gasteiger partial charge on any atom is 0.323 e. The number of nitrogens with zero attached hydrogens (tertiary/aromatic N) is 3. The molecule has 0 fully saturated rings. The summed E-state index contributed by atoms with van der Waals surface area (Å²) in [5, 5.41) is 8.79. The highest BCUT2D eigenvalue weighted by atomic mass is 16.4. The summed E-state index contributed by atoms with van der Waals surface area (Å²) in [6.45, 7) is 1.25. The minimum Gasteiger partial charge on any atom is -0.480 e. The van der Waals surface area contributed by atoms with Crippen LogP contribution >= 0.6 is 0 Å². The number of carboxylic acid groups (broad SMARTS) is 1. The van der Waals surface area contributed by atoms with Crippen molar-refractivity contribution < 1.29 is 14.7 Å². The molecule has 0 atom stereocenters. The Hall–Kier alpha value is -2.63. The molecule has 0 unspecified atom stereocenters. The predicted molar refractivity (Wildman–Crippen MR) is 81.2 cm³/mol. The molecule has 21 heavy (non-hydrogen) atoms. The lowest BCUT2D eigenvalue weighted by Gasteiger charge is -2.12. The van der Waals surface area contributed by atoms with Gasteiger partial charge in [0, 0.05) is 19.8 Å². The van der Waals surface area contributed by atoms with Crippen molar-refractivity contribution in [1.29, 1.82) is 0 Å². The first-order valence-electron chi connectivity index (χ1n) is 6.46. The van der Waals surface area contributed by atoms with Crippen LogP contribution in [0.1, 0.15) is 12.5 Å². The molecule has 6 nitrogen and oxygen atoms in total. The maximum absolute atomic E-state index is 12.1. The van der Waals surface area contributed by atoms with Crippen molar-refractivity contribution in [1.82, 2.24) is 4.90 Å². The molecule has 0 aromatic heterocycles. The number of aliphatic carboxylic acids is 1. The summed E-state index contributed by atoms with van der Waals surface area (Å²) in [6, 6.07) is 7.66. The van der Waals surface area contributed by atoms with Gasteiger partial charge in [-0.15, -0.1) is 0 Å². The number of carbonyl (C=O) groups is 2. The second kappa shape index (κ2) is 5.78. The van der Waals surface area contributed by atoms with Crippen molar-refractivity contribution in [2.24, 2.45) is 4.99 Å². The number of hydrogen-bond acceptors (Lipinski definition) is 4. The number of amidine groups is 1. The molecule has 1 aromatic rings. The fraction of sp³-hybridized carbons (Fsp3) is 0.267. The van der Waals surface area contributed by atoms with E-state index >= 15 is 0 Å². The van der Waals surface area contributed by atoms with E-state index in [0.717, 1.165) is 16.2 Å². The van der Waals surface area contributed by atoms with E-state index in [4.69, 9.17) is 5.11 Å². The van der Waals surface area contributed by atoms with Gasteiger partial charge in [-0.3, -0.25) is 14.5 Å². The zero-order valence-electron chi connectivity index (χ0n) is 12.2. The lowest BCUT2D eigenvalue weighted by Crippen LogP contribution is -2.35. The summed E-state index contributed by atoms with van der Waals surface area (Å²) in [6.07, 6.45) is 1.66. The average Bonchev–Trinajstić information content (AvgIpc) is 2.67. The van der Waals surface area contributed by atoms with Crippen LogP contribution in [0, 0.1) is 0 Å². The molecular weight excluding hydrogens is 270 g/mol. The lowest BCUT2D eigenvalue weighted by molar-refractivity contribution is -0.140. The van der Waals surface area contributed by atoms with Gasteiger partial charge in [0.1, 0.15) is 18.1 Å². The zero-order valence-corrected chi connectivity index (χ0v) is 12.2. The first kappa shape index (κ1) is 14.8. The second-order valence-electron chi connectivity index (χ2n) is 4.96. The van der Waals surface area contributed by atoms with Gasteiger partial charge in [0.2, 0.25) is 0 Å². The molecule has 2 rings (SSSR count). The van der Waals surface area contributed by atoms with Crippen LogP contribution in [0.2, 0.25) is 0 Å². The molecule has 1 aliphatic heterocycles. The highest BCUT2D eigenvalue weighted by Crippen LogP contribution is 2.19. The molecule has 1 amide bonds. The lowest BCUT2D eigenvalue weighted by atomic mass is 10.1. The Morgan fingerprint density at radius 1 is 1.33 bits per heavy atom. The van der Waals surface area contributed by atoms with E-state index in [-0.39, 0.29) is 18.1 Å². The van der Waals surface area contributed by atoms with Crippen molar-refractivity contribution in [2.75, 3.05) is 25.5 Å². The third-order valence-corrected chi connectivity index (χ3v) is 3.14. The van der Waals surface area contributed by atoms with E-state index in [1.54, 1.807) is 13.0 Å². The number of carboxylic acids is 1. The van der Waals surface area contributed by atoms with Crippen molar-refractivity contribution in [3.8, 4) is 0 Å². The number of carbonyl (C=O) groups excluding carboxylic acids is 1. The van der Waals surface area contributed by atoms with Gasteiger partial charge in [-0.1, -0.05) is 12.1 Å². The molecular formula is C15H17N3O3. The molecule has 1 aliphatic rings. The topological polar surface area (TPSA) is 73.2 Å². The van der Waals surface area contributed by atoms with Crippen LogP contribution in [-0.4, -0.2) is 48.4 Å². The van der Waals surface area contributed by atoms with Gasteiger partial charge in [-0.25, -0.2) is 4.99 Å². The van der Waals surface area contributed by atoms with Crippen LogP contribution < -0.4 is 4.90 Å². The molecule has 1 heterocycles. The Morgan fingerprint density at radius 3 is 2.48 bits per heavy atom. The van der Waals surface area contributed by atoms with Crippen molar-refractivity contribution in [2.45, 2.75) is 6.92 Å². The Labute approximate surface area is 123 Å². The summed E-state index contributed by atoms with van der Waals surface area (Å²) in [5.74, 6) is -1.04. The minimum atomic E-state index is -1.06. The van der Waals surface area contributed by atoms with E-state index < -0.39 is 5.97 Å². The monoisotopic (exact) mass is 287 g/mol. The number of rotatable bonds is 4. The maximum atomic E-state index is 12.1. The summed E-state index contributed by atoms with van der Waals surface area (Å²) >= 11 is 0. The normalized spacial score (nSPS) is 16.3. The first-order valence-corrected chi connectivity index (χ1v) is 6.46. The van der Waals surface area contributed by atoms with Crippen LogP contribution in [0.15, 0.2) is 35.0 Å². The zero-order chi connectivity index (χ0) is 15.6. The van der Waals surface area contributed by atoms with Crippen molar-refractivity contribution >= 4 is 29.5 Å². The number of hydrogen-bond donors (Lipinski definition) is 1. The SMILES string of the molecule is CC1=NC(=Cc2ccc(N(C)C)cc2)C(=O)N1CC(=O)O. The van der Waals surface area contributed by atoms with Gasteiger partial charge in [0.15, 0.2) is 0 Å². The molecule has 0 saturated carbocycles. The minimum absolute atomic E-state index is 0.256. The first-order chi connectivity index (χ1) is 9.88. The Morgan fingerprint density at radius 2 is 1.95 bits per heavy atom. The van der Waals surface area contributed by atoms with Gasteiger partial charge in [0.05, 0.1) is 0 Å². The van der Waals surface area contributed by atoms with E-state index in [0.29, 0.717) is 5.84 Å². The molecule has 1 N–H and O–H groups in total. The van der Waals surface area contributed by atoms with Crippen LogP contribution in [-0.2, 0) is 9.59 Å². The summed E-state index contributed by atoms with van der Waals surface area (Å²) in [4.78, 5) is 30.1. The van der Waals surface area contributed by atoms with Crippen molar-refractivity contribution in [3.05, 3.63) is 35.5 Å². The second-order valence-corrected chi connectivity index (χ2v) is 4.96. The van der Waals surface area contributed by atoms with Crippen LogP contribution in [0.5, 0.6) is 0 Å². The quantitative estimate of drug-likeness (QED) is 0.850. The number of aliphatic imine (C=N–C) groups is 1. The van der Waals surface area contributed by atoms with E-state index in [1.807, 2.05) is 43.3 Å². The largest absolute Gasteiger partial charge is 0.480 e. The Kier molecular flexibility index (Phi) is 4.07. The summed E-state index contributed by atoms with van der Waals surface area (Å²) in [7, 11) is 3.90. The molecule has 0 saturated heterocycles. The smallest absolute Gasteiger partial charge is 0.323 e.